The van der Waals surface area contributed by atoms with Gasteiger partial charge in [0.05, 0.1) is 21.9 Å². The molecule has 3 aromatic heterocycles. The third-order valence-electron chi connectivity index (χ3n) is 5.36. The molecule has 0 aliphatic carbocycles. The maximum absolute atomic E-state index is 12.9. The second kappa shape index (κ2) is 8.07. The smallest absolute Gasteiger partial charge is 0.306 e. The van der Waals surface area contributed by atoms with E-state index in [1.54, 1.807) is 20.9 Å². The minimum absolute atomic E-state index is 0.0346. The van der Waals surface area contributed by atoms with Crippen molar-refractivity contribution in [3.05, 3.63) is 69.4 Å². The van der Waals surface area contributed by atoms with Gasteiger partial charge in [0.25, 0.3) is 5.56 Å². The Bertz CT molecular complexity index is 1510. The molecule has 0 radical (unpaired) electrons. The van der Waals surface area contributed by atoms with Crippen LogP contribution in [0.25, 0.3) is 27.7 Å². The lowest BCUT2D eigenvalue weighted by atomic mass is 10.2. The molecule has 5 rings (SSSR count). The number of imidazole rings is 1. The van der Waals surface area contributed by atoms with Crippen molar-refractivity contribution in [1.29, 1.82) is 0 Å². The molecule has 1 N–H and O–H groups in total. The van der Waals surface area contributed by atoms with Gasteiger partial charge in [0, 0.05) is 18.8 Å². The maximum Gasteiger partial charge on any atom is 0.326 e. The van der Waals surface area contributed by atoms with Crippen LogP contribution in [0.15, 0.2) is 63.3 Å². The highest BCUT2D eigenvalue weighted by Gasteiger charge is 2.16. The number of aromatic amines is 1. The van der Waals surface area contributed by atoms with E-state index in [1.165, 1.54) is 0 Å². The zero-order chi connectivity index (χ0) is 21.4. The number of nitrogens with zero attached hydrogens (tertiary/aromatic N) is 5. The summed E-state index contributed by atoms with van der Waals surface area (Å²) in [5.74, 6) is 1.34. The number of nitrogens with one attached hydrogen (secondary N) is 1. The van der Waals surface area contributed by atoms with E-state index in [-0.39, 0.29) is 11.2 Å². The molecule has 0 amide bonds. The Labute approximate surface area is 181 Å². The van der Waals surface area contributed by atoms with E-state index in [1.807, 2.05) is 59.9 Å². The van der Waals surface area contributed by atoms with Crippen LogP contribution >= 0.6 is 11.8 Å². The van der Waals surface area contributed by atoms with Gasteiger partial charge in [-0.05, 0) is 37.1 Å². The Kier molecular flexibility index (Phi) is 5.11. The summed E-state index contributed by atoms with van der Waals surface area (Å²) in [7, 11) is 0. The third kappa shape index (κ3) is 3.34. The maximum atomic E-state index is 12.9. The van der Waals surface area contributed by atoms with Crippen molar-refractivity contribution >= 4 is 39.5 Å². The van der Waals surface area contributed by atoms with E-state index in [4.69, 9.17) is 0 Å². The molecular weight excluding hydrogens is 412 g/mol. The second-order valence-corrected chi connectivity index (χ2v) is 8.45. The van der Waals surface area contributed by atoms with Gasteiger partial charge < -0.3 is 4.98 Å². The fourth-order valence-electron chi connectivity index (χ4n) is 3.97. The fraction of sp³-hybridized carbons (Fsp3) is 0.273. The first-order valence-corrected chi connectivity index (χ1v) is 11.3. The number of benzene rings is 2. The van der Waals surface area contributed by atoms with Gasteiger partial charge >= 0.3 is 5.69 Å². The summed E-state index contributed by atoms with van der Waals surface area (Å²) in [6.45, 7) is 3.25. The van der Waals surface area contributed by atoms with E-state index in [0.29, 0.717) is 24.3 Å². The van der Waals surface area contributed by atoms with Crippen LogP contribution < -0.4 is 11.2 Å². The highest BCUT2D eigenvalue weighted by Crippen LogP contribution is 2.22. The molecule has 31 heavy (non-hydrogen) atoms. The molecule has 3 heterocycles. The number of thioether (sulfide) groups is 1. The van der Waals surface area contributed by atoms with Crippen LogP contribution in [-0.4, -0.2) is 34.5 Å². The number of H-pyrrole nitrogens is 1. The van der Waals surface area contributed by atoms with Crippen LogP contribution in [-0.2, 0) is 13.1 Å². The van der Waals surface area contributed by atoms with E-state index in [2.05, 4.69) is 15.2 Å². The number of aryl methyl sites for hydroxylation is 2. The Morgan fingerprint density at radius 1 is 0.935 bits per heavy atom. The Balaban J connectivity index is 1.43. The zero-order valence-electron chi connectivity index (χ0n) is 17.1. The number of rotatable bonds is 7. The van der Waals surface area contributed by atoms with Crippen molar-refractivity contribution in [1.82, 2.24) is 28.7 Å². The summed E-state index contributed by atoms with van der Waals surface area (Å²) >= 11 is 1.59. The van der Waals surface area contributed by atoms with Gasteiger partial charge in [-0.2, -0.15) is 0 Å². The van der Waals surface area contributed by atoms with Crippen LogP contribution in [0.3, 0.4) is 0 Å². The van der Waals surface area contributed by atoms with Gasteiger partial charge in [-0.25, -0.2) is 4.79 Å². The molecule has 0 aliphatic rings. The van der Waals surface area contributed by atoms with E-state index < -0.39 is 0 Å². The minimum atomic E-state index is -0.0892. The van der Waals surface area contributed by atoms with Crippen molar-refractivity contribution in [2.24, 2.45) is 0 Å². The van der Waals surface area contributed by atoms with Crippen molar-refractivity contribution in [2.45, 2.75) is 38.0 Å². The van der Waals surface area contributed by atoms with Crippen molar-refractivity contribution < 1.29 is 0 Å². The quantitative estimate of drug-likeness (QED) is 0.314. The van der Waals surface area contributed by atoms with E-state index in [9.17, 15) is 9.59 Å². The molecule has 0 atom stereocenters. The standard InChI is InChI=1S/C22H22N6O2S/c1-2-12-27-19(29)15-8-3-5-10-17(15)28-20(27)24-25-22(28)31-14-7-13-26-18-11-6-4-9-16(18)23-21(26)30/h3-6,8-11H,2,7,12-14H2,1H3,(H,23,30). The van der Waals surface area contributed by atoms with Crippen LogP contribution in [0, 0.1) is 0 Å². The number of hydrogen-bond acceptors (Lipinski definition) is 5. The molecule has 0 aliphatic heterocycles. The molecule has 0 spiro atoms. The molecule has 0 fully saturated rings. The lowest BCUT2D eigenvalue weighted by Gasteiger charge is -2.10. The molecule has 2 aromatic carbocycles. The van der Waals surface area contributed by atoms with Crippen molar-refractivity contribution in [3.8, 4) is 0 Å². The summed E-state index contributed by atoms with van der Waals surface area (Å²) in [5.41, 5.74) is 2.46. The molecule has 0 unspecified atom stereocenters. The number of aromatic nitrogens is 6. The molecule has 0 saturated carbocycles. The van der Waals surface area contributed by atoms with Gasteiger partial charge in [0.15, 0.2) is 5.16 Å². The van der Waals surface area contributed by atoms with Crippen molar-refractivity contribution in [2.75, 3.05) is 5.75 Å². The summed E-state index contributed by atoms with van der Waals surface area (Å²) in [5, 5.41) is 10.1. The SMILES string of the molecule is CCCn1c(=O)c2ccccc2n2c(SCCCn3c(=O)[nH]c4ccccc43)nnc12. The molecule has 8 nitrogen and oxygen atoms in total. The van der Waals surface area contributed by atoms with Crippen molar-refractivity contribution in [3.63, 3.8) is 0 Å². The molecule has 158 valence electrons. The van der Waals surface area contributed by atoms with Gasteiger partial charge in [-0.1, -0.05) is 43.0 Å². The molecule has 9 heteroatoms. The zero-order valence-corrected chi connectivity index (χ0v) is 17.9. The van der Waals surface area contributed by atoms with Crippen LogP contribution in [0.4, 0.5) is 0 Å². The molecular formula is C22H22N6O2S. The van der Waals surface area contributed by atoms with Gasteiger partial charge in [0.1, 0.15) is 0 Å². The first kappa shape index (κ1) is 19.6. The second-order valence-electron chi connectivity index (χ2n) is 7.39. The normalized spacial score (nSPS) is 11.8. The lowest BCUT2D eigenvalue weighted by molar-refractivity contribution is 0.662. The van der Waals surface area contributed by atoms with Crippen LogP contribution in [0.2, 0.25) is 0 Å². The van der Waals surface area contributed by atoms with E-state index in [0.717, 1.165) is 40.3 Å². The van der Waals surface area contributed by atoms with Gasteiger partial charge in [-0.15, -0.1) is 10.2 Å². The molecule has 0 bridgehead atoms. The number of fused-ring (bicyclic) bond motifs is 4. The summed E-state index contributed by atoms with van der Waals surface area (Å²) in [4.78, 5) is 28.1. The summed E-state index contributed by atoms with van der Waals surface area (Å²) in [6.07, 6.45) is 1.64. The monoisotopic (exact) mass is 434 g/mol. The first-order chi connectivity index (χ1) is 15.2. The highest BCUT2D eigenvalue weighted by molar-refractivity contribution is 7.99. The third-order valence-corrected chi connectivity index (χ3v) is 6.38. The average molecular weight is 435 g/mol. The minimum Gasteiger partial charge on any atom is -0.306 e. The molecule has 0 saturated heterocycles. The van der Waals surface area contributed by atoms with Gasteiger partial charge in [-0.3, -0.25) is 18.3 Å². The summed E-state index contributed by atoms with van der Waals surface area (Å²) < 4.78 is 5.44. The number of para-hydroxylation sites is 3. The fourth-order valence-corrected chi connectivity index (χ4v) is 4.83. The first-order valence-electron chi connectivity index (χ1n) is 10.4. The topological polar surface area (TPSA) is 90.0 Å². The summed E-state index contributed by atoms with van der Waals surface area (Å²) in [6, 6.07) is 15.3. The highest BCUT2D eigenvalue weighted by atomic mass is 32.2. The van der Waals surface area contributed by atoms with Crippen LogP contribution in [0.1, 0.15) is 19.8 Å². The Morgan fingerprint density at radius 2 is 1.71 bits per heavy atom. The van der Waals surface area contributed by atoms with Crippen LogP contribution in [0.5, 0.6) is 0 Å². The average Bonchev–Trinajstić information content (AvgIpc) is 3.35. The number of hydrogen-bond donors (Lipinski definition) is 1. The predicted octanol–water partition coefficient (Wildman–Crippen LogP) is 3.28. The predicted molar refractivity (Wildman–Crippen MR) is 123 cm³/mol. The molecule has 5 aromatic rings. The Hall–Kier alpha value is -3.33. The van der Waals surface area contributed by atoms with Gasteiger partial charge in [0.2, 0.25) is 5.78 Å². The van der Waals surface area contributed by atoms with E-state index >= 15 is 0 Å². The Morgan fingerprint density at radius 3 is 2.55 bits per heavy atom. The largest absolute Gasteiger partial charge is 0.326 e. The lowest BCUT2D eigenvalue weighted by Crippen LogP contribution is -2.23.